The zero-order chi connectivity index (χ0) is 9.56. The SMILES string of the molecule is CCN(CC)C(=O)C=CC(N)=O. The molecule has 0 radical (unpaired) electrons. The molecule has 0 saturated heterocycles. The summed E-state index contributed by atoms with van der Waals surface area (Å²) in [5.41, 5.74) is 4.83. The van der Waals surface area contributed by atoms with E-state index in [9.17, 15) is 9.59 Å². The van der Waals surface area contributed by atoms with E-state index in [1.165, 1.54) is 6.08 Å². The van der Waals surface area contributed by atoms with Crippen LogP contribution in [-0.4, -0.2) is 29.8 Å². The van der Waals surface area contributed by atoms with Gasteiger partial charge in [-0.15, -0.1) is 0 Å². The highest BCUT2D eigenvalue weighted by molar-refractivity contribution is 5.95. The number of hydrogen-bond acceptors (Lipinski definition) is 2. The first-order valence-corrected chi connectivity index (χ1v) is 3.88. The number of nitrogens with two attached hydrogens (primary N) is 1. The Balaban J connectivity index is 4.10. The lowest BCUT2D eigenvalue weighted by Gasteiger charge is -2.15. The maximum absolute atomic E-state index is 11.1. The molecule has 0 aromatic heterocycles. The minimum atomic E-state index is -0.601. The lowest BCUT2D eigenvalue weighted by Crippen LogP contribution is -2.29. The van der Waals surface area contributed by atoms with E-state index in [1.807, 2.05) is 13.8 Å². The van der Waals surface area contributed by atoms with Crippen LogP contribution in [0.15, 0.2) is 12.2 Å². The number of carbonyl (C=O) groups is 2. The Kier molecular flexibility index (Phi) is 4.76. The van der Waals surface area contributed by atoms with Crippen LogP contribution in [0, 0.1) is 0 Å². The molecule has 0 heterocycles. The van der Waals surface area contributed by atoms with Crippen LogP contribution >= 0.6 is 0 Å². The highest BCUT2D eigenvalue weighted by Gasteiger charge is 2.04. The molecule has 0 unspecified atom stereocenters. The zero-order valence-electron chi connectivity index (χ0n) is 7.41. The second kappa shape index (κ2) is 5.35. The van der Waals surface area contributed by atoms with Crippen LogP contribution in [0.3, 0.4) is 0 Å². The van der Waals surface area contributed by atoms with Gasteiger partial charge < -0.3 is 10.6 Å². The van der Waals surface area contributed by atoms with Gasteiger partial charge in [0.1, 0.15) is 0 Å². The van der Waals surface area contributed by atoms with Gasteiger partial charge in [-0.05, 0) is 13.8 Å². The third-order valence-electron chi connectivity index (χ3n) is 1.47. The van der Waals surface area contributed by atoms with Crippen molar-refractivity contribution < 1.29 is 9.59 Å². The Labute approximate surface area is 72.0 Å². The zero-order valence-corrected chi connectivity index (χ0v) is 7.41. The minimum absolute atomic E-state index is 0.182. The Morgan fingerprint density at radius 2 is 1.75 bits per heavy atom. The molecule has 0 bridgehead atoms. The molecule has 0 fully saturated rings. The normalized spacial score (nSPS) is 10.2. The van der Waals surface area contributed by atoms with Crippen molar-refractivity contribution >= 4 is 11.8 Å². The smallest absolute Gasteiger partial charge is 0.246 e. The van der Waals surface area contributed by atoms with E-state index < -0.39 is 5.91 Å². The van der Waals surface area contributed by atoms with Gasteiger partial charge in [0.25, 0.3) is 0 Å². The highest BCUT2D eigenvalue weighted by Crippen LogP contribution is 1.89. The van der Waals surface area contributed by atoms with Crippen molar-refractivity contribution in [1.29, 1.82) is 0 Å². The van der Waals surface area contributed by atoms with Crippen molar-refractivity contribution in [3.63, 3.8) is 0 Å². The van der Waals surface area contributed by atoms with Crippen LogP contribution in [0.2, 0.25) is 0 Å². The molecule has 12 heavy (non-hydrogen) atoms. The molecule has 0 aliphatic heterocycles. The van der Waals surface area contributed by atoms with E-state index in [0.717, 1.165) is 6.08 Å². The molecular weight excluding hydrogens is 156 g/mol. The lowest BCUT2D eigenvalue weighted by molar-refractivity contribution is -0.126. The molecule has 2 N–H and O–H groups in total. The van der Waals surface area contributed by atoms with Crippen LogP contribution in [-0.2, 0) is 9.59 Å². The average Bonchev–Trinajstić information content (AvgIpc) is 2.03. The van der Waals surface area contributed by atoms with Crippen LogP contribution in [0.5, 0.6) is 0 Å². The van der Waals surface area contributed by atoms with Gasteiger partial charge in [-0.3, -0.25) is 9.59 Å². The molecular formula is C8H14N2O2. The summed E-state index contributed by atoms with van der Waals surface area (Å²) in [6.45, 7) is 5.02. The minimum Gasteiger partial charge on any atom is -0.366 e. The Hall–Kier alpha value is -1.32. The molecule has 0 aliphatic carbocycles. The predicted octanol–water partition coefficient (Wildman–Crippen LogP) is -0.104. The van der Waals surface area contributed by atoms with Gasteiger partial charge in [0, 0.05) is 25.2 Å². The molecule has 4 nitrogen and oxygen atoms in total. The molecule has 0 aliphatic rings. The van der Waals surface area contributed by atoms with Crippen LogP contribution in [0.25, 0.3) is 0 Å². The number of likely N-dealkylation sites (N-methyl/N-ethyl adjacent to an activating group) is 1. The molecule has 4 heteroatoms. The molecule has 0 aromatic rings. The number of amides is 2. The molecule has 0 aromatic carbocycles. The summed E-state index contributed by atoms with van der Waals surface area (Å²) >= 11 is 0. The van der Waals surface area contributed by atoms with Crippen molar-refractivity contribution in [3.8, 4) is 0 Å². The summed E-state index contributed by atoms with van der Waals surface area (Å²) < 4.78 is 0. The molecule has 2 amide bonds. The van der Waals surface area contributed by atoms with Crippen molar-refractivity contribution in [2.24, 2.45) is 5.73 Å². The number of nitrogens with zero attached hydrogens (tertiary/aromatic N) is 1. The highest BCUT2D eigenvalue weighted by atomic mass is 16.2. The van der Waals surface area contributed by atoms with E-state index in [2.05, 4.69) is 0 Å². The third-order valence-corrected chi connectivity index (χ3v) is 1.47. The number of primary amides is 1. The van der Waals surface area contributed by atoms with Gasteiger partial charge in [0.2, 0.25) is 11.8 Å². The Bertz CT molecular complexity index is 195. The van der Waals surface area contributed by atoms with Crippen molar-refractivity contribution in [2.75, 3.05) is 13.1 Å². The number of rotatable bonds is 4. The summed E-state index contributed by atoms with van der Waals surface area (Å²) in [5, 5.41) is 0. The van der Waals surface area contributed by atoms with Gasteiger partial charge in [-0.1, -0.05) is 0 Å². The number of carbonyl (C=O) groups excluding carboxylic acids is 2. The largest absolute Gasteiger partial charge is 0.366 e. The first kappa shape index (κ1) is 10.7. The van der Waals surface area contributed by atoms with E-state index in [-0.39, 0.29) is 5.91 Å². The standard InChI is InChI=1S/C8H14N2O2/c1-3-10(4-2)8(12)6-5-7(9)11/h5-6H,3-4H2,1-2H3,(H2,9,11). The third kappa shape index (κ3) is 3.75. The summed E-state index contributed by atoms with van der Waals surface area (Å²) in [5.74, 6) is -0.783. The van der Waals surface area contributed by atoms with Gasteiger partial charge in [-0.25, -0.2) is 0 Å². The summed E-state index contributed by atoms with van der Waals surface area (Å²) in [6, 6.07) is 0. The molecule has 0 atom stereocenters. The first-order chi connectivity index (χ1) is 5.61. The van der Waals surface area contributed by atoms with E-state index in [0.29, 0.717) is 13.1 Å². The van der Waals surface area contributed by atoms with Gasteiger partial charge in [0.15, 0.2) is 0 Å². The van der Waals surface area contributed by atoms with Crippen molar-refractivity contribution in [3.05, 3.63) is 12.2 Å². The Morgan fingerprint density at radius 3 is 2.08 bits per heavy atom. The van der Waals surface area contributed by atoms with Crippen LogP contribution in [0.1, 0.15) is 13.8 Å². The maximum Gasteiger partial charge on any atom is 0.246 e. The lowest BCUT2D eigenvalue weighted by atomic mass is 10.4. The molecule has 0 rings (SSSR count). The maximum atomic E-state index is 11.1. The fourth-order valence-corrected chi connectivity index (χ4v) is 0.794. The summed E-state index contributed by atoms with van der Waals surface area (Å²) in [6.07, 6.45) is 2.26. The molecule has 68 valence electrons. The van der Waals surface area contributed by atoms with Crippen LogP contribution < -0.4 is 5.73 Å². The van der Waals surface area contributed by atoms with Crippen molar-refractivity contribution in [1.82, 2.24) is 4.90 Å². The average molecular weight is 170 g/mol. The number of hydrogen-bond donors (Lipinski definition) is 1. The fraction of sp³-hybridized carbons (Fsp3) is 0.500. The fourth-order valence-electron chi connectivity index (χ4n) is 0.794. The summed E-state index contributed by atoms with van der Waals surface area (Å²) in [7, 11) is 0. The second-order valence-electron chi connectivity index (χ2n) is 2.25. The van der Waals surface area contributed by atoms with E-state index >= 15 is 0 Å². The van der Waals surface area contributed by atoms with Gasteiger partial charge in [-0.2, -0.15) is 0 Å². The Morgan fingerprint density at radius 1 is 1.25 bits per heavy atom. The summed E-state index contributed by atoms with van der Waals surface area (Å²) in [4.78, 5) is 23.0. The topological polar surface area (TPSA) is 63.4 Å². The van der Waals surface area contributed by atoms with Crippen LogP contribution in [0.4, 0.5) is 0 Å². The van der Waals surface area contributed by atoms with Crippen molar-refractivity contribution in [2.45, 2.75) is 13.8 Å². The quantitative estimate of drug-likeness (QED) is 0.599. The van der Waals surface area contributed by atoms with E-state index in [4.69, 9.17) is 5.73 Å². The second-order valence-corrected chi connectivity index (χ2v) is 2.25. The first-order valence-electron chi connectivity index (χ1n) is 3.88. The van der Waals surface area contributed by atoms with Gasteiger partial charge >= 0.3 is 0 Å². The van der Waals surface area contributed by atoms with E-state index in [1.54, 1.807) is 4.90 Å². The predicted molar refractivity (Wildman–Crippen MR) is 46.3 cm³/mol. The van der Waals surface area contributed by atoms with Gasteiger partial charge in [0.05, 0.1) is 0 Å². The molecule has 0 spiro atoms. The molecule has 0 saturated carbocycles. The monoisotopic (exact) mass is 170 g/mol.